The van der Waals surface area contributed by atoms with E-state index in [4.69, 9.17) is 0 Å². The fourth-order valence-corrected chi connectivity index (χ4v) is 3.14. The molecule has 0 aliphatic rings. The summed E-state index contributed by atoms with van der Waals surface area (Å²) in [6, 6.07) is 0.607. The third-order valence-corrected chi connectivity index (χ3v) is 4.76. The minimum atomic E-state index is 0. The maximum absolute atomic E-state index is 4.12. The summed E-state index contributed by atoms with van der Waals surface area (Å²) in [4.78, 5) is 4.12. The zero-order chi connectivity index (χ0) is 15.9. The van der Waals surface area contributed by atoms with Crippen LogP contribution in [-0.4, -0.2) is 9.55 Å². The lowest BCUT2D eigenvalue weighted by Crippen LogP contribution is -2.01. The predicted molar refractivity (Wildman–Crippen MR) is 108 cm³/mol. The summed E-state index contributed by atoms with van der Waals surface area (Å²) in [5, 5.41) is 0. The smallest absolute Gasteiger partial charge is 0.0948 e. The molecule has 0 spiro atoms. The van der Waals surface area contributed by atoms with Crippen molar-refractivity contribution in [2.75, 3.05) is 0 Å². The molecule has 0 amide bonds. The number of nitrogens with zero attached hydrogens (tertiary/aromatic N) is 2. The van der Waals surface area contributed by atoms with Crippen molar-refractivity contribution < 1.29 is 0 Å². The first-order chi connectivity index (χ1) is 10.8. The predicted octanol–water partition coefficient (Wildman–Crippen LogP) is 7.50. The molecule has 0 aliphatic carbocycles. The second-order valence-electron chi connectivity index (χ2n) is 6.89. The summed E-state index contributed by atoms with van der Waals surface area (Å²) in [7, 11) is 0. The van der Waals surface area contributed by atoms with Gasteiger partial charge in [0.05, 0.1) is 6.33 Å². The van der Waals surface area contributed by atoms with Gasteiger partial charge in [-0.3, -0.25) is 0 Å². The average molecular weight is 387 g/mol. The summed E-state index contributed by atoms with van der Waals surface area (Å²) >= 11 is 0. The van der Waals surface area contributed by atoms with Crippen LogP contribution < -0.4 is 0 Å². The molecule has 0 saturated heterocycles. The maximum atomic E-state index is 4.12. The lowest BCUT2D eigenvalue weighted by Gasteiger charge is -2.12. The third kappa shape index (κ3) is 12.7. The summed E-state index contributed by atoms with van der Waals surface area (Å²) < 4.78 is 2.22. The number of hydrogen-bond donors (Lipinski definition) is 0. The quantitative estimate of drug-likeness (QED) is 0.285. The Kier molecular flexibility index (Phi) is 16.3. The molecule has 3 heteroatoms. The molecule has 136 valence electrons. The number of imidazole rings is 1. The van der Waals surface area contributed by atoms with Gasteiger partial charge in [0.25, 0.3) is 0 Å². The van der Waals surface area contributed by atoms with Crippen LogP contribution in [0, 0.1) is 0 Å². The Labute approximate surface area is 155 Å². The van der Waals surface area contributed by atoms with E-state index in [2.05, 4.69) is 29.6 Å². The highest BCUT2D eigenvalue weighted by molar-refractivity contribution is 8.93. The second-order valence-corrected chi connectivity index (χ2v) is 6.89. The Morgan fingerprint density at radius 3 is 1.70 bits per heavy atom. The van der Waals surface area contributed by atoms with E-state index in [1.807, 2.05) is 12.5 Å². The van der Waals surface area contributed by atoms with Crippen LogP contribution in [0.15, 0.2) is 18.7 Å². The Balaban J connectivity index is 0.00000484. The molecule has 1 aromatic heterocycles. The van der Waals surface area contributed by atoms with Gasteiger partial charge in [0.15, 0.2) is 0 Å². The zero-order valence-corrected chi connectivity index (χ0v) is 17.2. The molecular formula is C20H39BrN2. The first kappa shape index (κ1) is 22.7. The lowest BCUT2D eigenvalue weighted by atomic mass is 10.0. The van der Waals surface area contributed by atoms with Gasteiger partial charge in [-0.1, -0.05) is 90.4 Å². The number of halogens is 1. The highest BCUT2D eigenvalue weighted by Crippen LogP contribution is 2.16. The molecule has 0 saturated carbocycles. The molecule has 0 aliphatic heterocycles. The van der Waals surface area contributed by atoms with Crippen LogP contribution in [0.1, 0.15) is 110 Å². The van der Waals surface area contributed by atoms with E-state index in [0.717, 1.165) is 0 Å². The highest BCUT2D eigenvalue weighted by Gasteiger charge is 2.02. The largest absolute Gasteiger partial charge is 0.335 e. The van der Waals surface area contributed by atoms with Gasteiger partial charge >= 0.3 is 0 Å². The van der Waals surface area contributed by atoms with Gasteiger partial charge in [0.1, 0.15) is 0 Å². The Bertz CT molecular complexity index is 324. The van der Waals surface area contributed by atoms with Crippen LogP contribution in [0.3, 0.4) is 0 Å². The normalized spacial score (nSPS) is 12.1. The molecule has 1 heterocycles. The molecule has 1 aromatic rings. The van der Waals surface area contributed by atoms with E-state index >= 15 is 0 Å². The molecule has 0 bridgehead atoms. The number of hydrogen-bond acceptors (Lipinski definition) is 1. The molecule has 0 aromatic carbocycles. The molecular weight excluding hydrogens is 348 g/mol. The van der Waals surface area contributed by atoms with Crippen molar-refractivity contribution in [3.8, 4) is 0 Å². The van der Waals surface area contributed by atoms with E-state index in [1.54, 1.807) is 0 Å². The van der Waals surface area contributed by atoms with E-state index < -0.39 is 0 Å². The Hall–Kier alpha value is -0.310. The molecule has 0 radical (unpaired) electrons. The highest BCUT2D eigenvalue weighted by atomic mass is 79.9. The van der Waals surface area contributed by atoms with Crippen molar-refractivity contribution in [2.24, 2.45) is 0 Å². The summed E-state index contributed by atoms with van der Waals surface area (Å²) in [5.74, 6) is 0. The van der Waals surface area contributed by atoms with E-state index in [1.165, 1.54) is 89.9 Å². The van der Waals surface area contributed by atoms with Gasteiger partial charge in [-0.15, -0.1) is 17.0 Å². The first-order valence-electron chi connectivity index (χ1n) is 9.82. The maximum Gasteiger partial charge on any atom is 0.0948 e. The van der Waals surface area contributed by atoms with Crippen LogP contribution in [0.4, 0.5) is 0 Å². The molecule has 1 atom stereocenters. The number of aromatic nitrogens is 2. The average Bonchev–Trinajstić information content (AvgIpc) is 3.06. The van der Waals surface area contributed by atoms with Crippen molar-refractivity contribution in [3.63, 3.8) is 0 Å². The van der Waals surface area contributed by atoms with Gasteiger partial charge in [0, 0.05) is 18.4 Å². The van der Waals surface area contributed by atoms with Crippen molar-refractivity contribution in [1.29, 1.82) is 0 Å². The second kappa shape index (κ2) is 16.5. The lowest BCUT2D eigenvalue weighted by molar-refractivity contribution is 0.465. The zero-order valence-electron chi connectivity index (χ0n) is 15.5. The van der Waals surface area contributed by atoms with Crippen molar-refractivity contribution in [2.45, 2.75) is 110 Å². The van der Waals surface area contributed by atoms with Crippen molar-refractivity contribution in [3.05, 3.63) is 18.7 Å². The van der Waals surface area contributed by atoms with Crippen LogP contribution in [0.25, 0.3) is 0 Å². The molecule has 23 heavy (non-hydrogen) atoms. The SMILES string of the molecule is Br.CCCCCCCCCCCCCCCC(C)n1ccnc1. The molecule has 1 rings (SSSR count). The van der Waals surface area contributed by atoms with Crippen LogP contribution in [-0.2, 0) is 0 Å². The summed E-state index contributed by atoms with van der Waals surface area (Å²) in [6.07, 6.45) is 25.8. The number of unbranched alkanes of at least 4 members (excludes halogenated alkanes) is 12. The Morgan fingerprint density at radius 1 is 0.783 bits per heavy atom. The van der Waals surface area contributed by atoms with Gasteiger partial charge in [-0.25, -0.2) is 4.98 Å². The minimum Gasteiger partial charge on any atom is -0.335 e. The third-order valence-electron chi connectivity index (χ3n) is 4.76. The van der Waals surface area contributed by atoms with Gasteiger partial charge in [-0.05, 0) is 13.3 Å². The molecule has 1 unspecified atom stereocenters. The fraction of sp³-hybridized carbons (Fsp3) is 0.850. The molecule has 2 nitrogen and oxygen atoms in total. The number of rotatable bonds is 15. The van der Waals surface area contributed by atoms with Crippen LogP contribution in [0.5, 0.6) is 0 Å². The van der Waals surface area contributed by atoms with Gasteiger partial charge in [-0.2, -0.15) is 0 Å². The van der Waals surface area contributed by atoms with Crippen molar-refractivity contribution >= 4 is 17.0 Å². The van der Waals surface area contributed by atoms with E-state index in [9.17, 15) is 0 Å². The minimum absolute atomic E-state index is 0. The summed E-state index contributed by atoms with van der Waals surface area (Å²) in [5.41, 5.74) is 0. The monoisotopic (exact) mass is 386 g/mol. The first-order valence-corrected chi connectivity index (χ1v) is 9.82. The van der Waals surface area contributed by atoms with Crippen LogP contribution >= 0.6 is 17.0 Å². The van der Waals surface area contributed by atoms with Crippen molar-refractivity contribution in [1.82, 2.24) is 9.55 Å². The topological polar surface area (TPSA) is 17.8 Å². The summed E-state index contributed by atoms with van der Waals surface area (Å²) in [6.45, 7) is 4.58. The van der Waals surface area contributed by atoms with E-state index in [0.29, 0.717) is 6.04 Å². The molecule has 0 N–H and O–H groups in total. The van der Waals surface area contributed by atoms with Gasteiger partial charge < -0.3 is 4.57 Å². The van der Waals surface area contributed by atoms with Crippen LogP contribution in [0.2, 0.25) is 0 Å². The molecule has 0 fully saturated rings. The van der Waals surface area contributed by atoms with Gasteiger partial charge in [0.2, 0.25) is 0 Å². The van der Waals surface area contributed by atoms with E-state index in [-0.39, 0.29) is 17.0 Å². The standard InChI is InChI=1S/C20H38N2.BrH/c1-3-4-5-6-7-8-9-10-11-12-13-14-15-16-20(2)22-18-17-21-19-22;/h17-20H,3-16H2,1-2H3;1H. The Morgan fingerprint density at radius 2 is 1.26 bits per heavy atom. The fourth-order valence-electron chi connectivity index (χ4n) is 3.14.